The van der Waals surface area contributed by atoms with Crippen molar-refractivity contribution in [2.45, 2.75) is 11.1 Å². The van der Waals surface area contributed by atoms with Gasteiger partial charge in [-0.25, -0.2) is 9.59 Å². The second-order valence-corrected chi connectivity index (χ2v) is 7.44. The summed E-state index contributed by atoms with van der Waals surface area (Å²) in [5, 5.41) is 11.2. The van der Waals surface area contributed by atoms with E-state index in [1.807, 2.05) is 0 Å². The number of hydrogen-bond donors (Lipinski definition) is 3. The van der Waals surface area contributed by atoms with E-state index in [0.717, 1.165) is 4.90 Å². The lowest BCUT2D eigenvalue weighted by molar-refractivity contribution is -0.192. The largest absolute Gasteiger partial charge is 0.477 e. The van der Waals surface area contributed by atoms with Crippen LogP contribution in [-0.2, 0) is 23.9 Å². The molecule has 2 rings (SSSR count). The van der Waals surface area contributed by atoms with Gasteiger partial charge in [0.15, 0.2) is 0 Å². The van der Waals surface area contributed by atoms with Crippen LogP contribution in [0.1, 0.15) is 0 Å². The summed E-state index contributed by atoms with van der Waals surface area (Å²) in [5.41, 5.74) is 3.14. The zero-order valence-corrected chi connectivity index (χ0v) is 15.9. The Kier molecular flexibility index (Phi) is 6.63. The van der Waals surface area contributed by atoms with Crippen LogP contribution in [0.3, 0.4) is 0 Å². The third-order valence-electron chi connectivity index (χ3n) is 3.77. The van der Waals surface area contributed by atoms with E-state index in [2.05, 4.69) is 16.0 Å². The van der Waals surface area contributed by atoms with E-state index in [1.165, 1.54) is 30.6 Å². The lowest BCUT2D eigenvalue weighted by Gasteiger charge is -2.55. The smallest absolute Gasteiger partial charge is 0.404 e. The number of β-lactam (4-membered cyclic amide) rings is 1. The molecular weight excluding hydrogens is 398 g/mol. The minimum atomic E-state index is -1.67. The average molecular weight is 415 g/mol. The van der Waals surface area contributed by atoms with Gasteiger partial charge in [0.05, 0.1) is 11.5 Å². The fourth-order valence-corrected chi connectivity index (χ4v) is 4.56. The van der Waals surface area contributed by atoms with Crippen LogP contribution in [0.2, 0.25) is 0 Å². The van der Waals surface area contributed by atoms with Gasteiger partial charge >= 0.3 is 12.1 Å². The molecule has 4 N–H and O–H groups in total. The molecule has 0 aromatic carbocycles. The Hall–Kier alpha value is -2.36. The van der Waals surface area contributed by atoms with Crippen molar-refractivity contribution in [2.24, 2.45) is 5.73 Å². The monoisotopic (exact) mass is 415 g/mol. The van der Waals surface area contributed by atoms with E-state index in [0.29, 0.717) is 5.75 Å². The molecular formula is C15H17N3O7S2. The summed E-state index contributed by atoms with van der Waals surface area (Å²) in [4.78, 5) is 48.3. The highest BCUT2D eigenvalue weighted by molar-refractivity contribution is 8.00. The number of rotatable bonds is 8. The summed E-state index contributed by atoms with van der Waals surface area (Å²) in [6.45, 7) is -0.352. The highest BCUT2D eigenvalue weighted by Gasteiger charge is 2.66. The Morgan fingerprint density at radius 3 is 2.81 bits per heavy atom. The van der Waals surface area contributed by atoms with Crippen molar-refractivity contribution in [1.82, 2.24) is 10.2 Å². The number of thioether (sulfide) groups is 2. The first kappa shape index (κ1) is 20.9. The van der Waals surface area contributed by atoms with E-state index < -0.39 is 35.0 Å². The molecule has 0 aromatic rings. The molecule has 12 heteroatoms. The Balaban J connectivity index is 2.21. The molecule has 1 saturated heterocycles. The maximum atomic E-state index is 12.7. The highest BCUT2D eigenvalue weighted by atomic mass is 32.2. The predicted octanol–water partition coefficient (Wildman–Crippen LogP) is -0.839. The fraction of sp³-hybridized carbons (Fsp3) is 0.467. The van der Waals surface area contributed by atoms with Gasteiger partial charge in [0.25, 0.3) is 11.6 Å². The van der Waals surface area contributed by atoms with Gasteiger partial charge in [0.2, 0.25) is 5.91 Å². The van der Waals surface area contributed by atoms with E-state index in [9.17, 15) is 24.3 Å². The lowest BCUT2D eigenvalue weighted by Crippen LogP contribution is -2.80. The number of carboxylic acids is 1. The van der Waals surface area contributed by atoms with Gasteiger partial charge in [-0.05, 0) is 0 Å². The minimum Gasteiger partial charge on any atom is -0.477 e. The molecule has 3 amide bonds. The summed E-state index contributed by atoms with van der Waals surface area (Å²) in [5.74, 6) is 0.334. The van der Waals surface area contributed by atoms with Gasteiger partial charge in [0, 0.05) is 18.4 Å². The topological polar surface area (TPSA) is 148 Å². The minimum absolute atomic E-state index is 0.0271. The third-order valence-corrected chi connectivity index (χ3v) is 5.98. The lowest BCUT2D eigenvalue weighted by atomic mass is 9.98. The number of amides is 3. The Morgan fingerprint density at radius 1 is 1.56 bits per heavy atom. The summed E-state index contributed by atoms with van der Waals surface area (Å²) in [6.07, 6.45) is 4.07. The second kappa shape index (κ2) is 8.55. The van der Waals surface area contributed by atoms with Crippen LogP contribution < -0.4 is 11.1 Å². The Labute approximate surface area is 163 Å². The van der Waals surface area contributed by atoms with Crippen LogP contribution in [0.25, 0.3) is 0 Å². The molecule has 1 fully saturated rings. The first-order valence-electron chi connectivity index (χ1n) is 7.48. The molecule has 0 unspecified atom stereocenters. The van der Waals surface area contributed by atoms with Gasteiger partial charge in [-0.3, -0.25) is 14.5 Å². The van der Waals surface area contributed by atoms with Crippen molar-refractivity contribution < 1.29 is 33.8 Å². The van der Waals surface area contributed by atoms with Crippen LogP contribution in [0.5, 0.6) is 0 Å². The normalized spacial score (nSPS) is 23.8. The molecule has 2 atom stereocenters. The van der Waals surface area contributed by atoms with Crippen molar-refractivity contribution in [3.05, 3.63) is 11.3 Å². The molecule has 146 valence electrons. The molecule has 0 aromatic heterocycles. The maximum Gasteiger partial charge on any atom is 0.404 e. The molecule has 2 aliphatic heterocycles. The zero-order chi connectivity index (χ0) is 20.2. The van der Waals surface area contributed by atoms with Gasteiger partial charge in [-0.2, -0.15) is 0 Å². The van der Waals surface area contributed by atoms with E-state index >= 15 is 0 Å². The number of carbonyl (C=O) groups is 4. The number of fused-ring (bicyclic) bond motifs is 1. The number of ether oxygens (including phenoxy) is 2. The molecule has 2 heterocycles. The van der Waals surface area contributed by atoms with Crippen LogP contribution in [0.4, 0.5) is 4.79 Å². The molecule has 10 nitrogen and oxygen atoms in total. The number of methoxy groups -OCH3 is 1. The molecule has 27 heavy (non-hydrogen) atoms. The number of carboxylic acid groups (broad SMARTS) is 1. The number of carbonyl (C=O) groups excluding carboxylic acids is 3. The predicted molar refractivity (Wildman–Crippen MR) is 97.3 cm³/mol. The summed E-state index contributed by atoms with van der Waals surface area (Å²) < 4.78 is 9.93. The SMILES string of the molecule is C#CCSCC(=O)N[C@]1(OC)C(=O)N2C(C(=O)O)=C(COC(N)=O)CS[C@@H]21. The fourth-order valence-electron chi connectivity index (χ4n) is 2.66. The molecule has 2 aliphatic rings. The molecule has 0 radical (unpaired) electrons. The first-order valence-corrected chi connectivity index (χ1v) is 9.69. The van der Waals surface area contributed by atoms with Crippen molar-refractivity contribution in [3.8, 4) is 12.3 Å². The Morgan fingerprint density at radius 2 is 2.26 bits per heavy atom. The average Bonchev–Trinajstić information content (AvgIpc) is 2.63. The van der Waals surface area contributed by atoms with Crippen LogP contribution in [0.15, 0.2) is 11.3 Å². The third kappa shape index (κ3) is 4.00. The first-order chi connectivity index (χ1) is 12.8. The van der Waals surface area contributed by atoms with Crippen LogP contribution in [-0.4, -0.2) is 76.0 Å². The van der Waals surface area contributed by atoms with Gasteiger partial charge in [0.1, 0.15) is 17.7 Å². The van der Waals surface area contributed by atoms with E-state index in [-0.39, 0.29) is 29.4 Å². The van der Waals surface area contributed by atoms with E-state index in [1.54, 1.807) is 0 Å². The highest BCUT2D eigenvalue weighted by Crippen LogP contribution is 2.46. The molecule has 0 bridgehead atoms. The van der Waals surface area contributed by atoms with Crippen LogP contribution >= 0.6 is 23.5 Å². The quantitative estimate of drug-likeness (QED) is 0.200. The van der Waals surface area contributed by atoms with Crippen molar-refractivity contribution in [2.75, 3.05) is 31.0 Å². The molecule has 0 saturated carbocycles. The van der Waals surface area contributed by atoms with Gasteiger partial charge < -0.3 is 25.6 Å². The number of aliphatic carboxylic acids is 1. The zero-order valence-electron chi connectivity index (χ0n) is 14.2. The number of primary amides is 1. The van der Waals surface area contributed by atoms with Crippen molar-refractivity contribution in [3.63, 3.8) is 0 Å². The number of nitrogens with one attached hydrogen (secondary N) is 1. The maximum absolute atomic E-state index is 12.7. The van der Waals surface area contributed by atoms with Gasteiger partial charge in [-0.15, -0.1) is 29.9 Å². The summed E-state index contributed by atoms with van der Waals surface area (Å²) in [7, 11) is 1.25. The number of nitrogens with two attached hydrogens (primary N) is 1. The second-order valence-electron chi connectivity index (χ2n) is 5.39. The molecule has 0 spiro atoms. The standard InChI is InChI=1S/C15H17N3O7S2/c1-3-4-26-7-9(19)17-15(24-2)12(22)18-10(11(20)21)8(5-25-14(16)23)6-27-13(15)18/h1,13H,4-7H2,2H3,(H2,16,23)(H,17,19)(H,20,21)/t13-,15+/m1/s1. The number of nitrogens with zero attached hydrogens (tertiary/aromatic N) is 1. The van der Waals surface area contributed by atoms with Crippen molar-refractivity contribution in [1.29, 1.82) is 0 Å². The van der Waals surface area contributed by atoms with Crippen LogP contribution in [0, 0.1) is 12.3 Å². The van der Waals surface area contributed by atoms with Crippen molar-refractivity contribution >= 4 is 47.4 Å². The molecule has 0 aliphatic carbocycles. The van der Waals surface area contributed by atoms with E-state index in [4.69, 9.17) is 16.9 Å². The number of terminal acetylenes is 1. The summed E-state index contributed by atoms with van der Waals surface area (Å²) in [6, 6.07) is 0. The number of hydrogen-bond acceptors (Lipinski definition) is 8. The Bertz CT molecular complexity index is 748. The van der Waals surface area contributed by atoms with Gasteiger partial charge in [-0.1, -0.05) is 5.92 Å². The summed E-state index contributed by atoms with van der Waals surface area (Å²) >= 11 is 2.37.